The third-order valence-corrected chi connectivity index (χ3v) is 4.95. The maximum atomic E-state index is 12.2. The Morgan fingerprint density at radius 1 is 1.16 bits per heavy atom. The number of aliphatic hydroxyl groups excluding tert-OH is 1. The van der Waals surface area contributed by atoms with Gasteiger partial charge in [-0.25, -0.2) is 4.79 Å². The largest absolute Gasteiger partial charge is 0.393 e. The lowest BCUT2D eigenvalue weighted by Gasteiger charge is -2.18. The van der Waals surface area contributed by atoms with E-state index in [9.17, 15) is 9.90 Å². The summed E-state index contributed by atoms with van der Waals surface area (Å²) in [6.45, 7) is 3.80. The van der Waals surface area contributed by atoms with E-state index in [-0.39, 0.29) is 18.1 Å². The number of benzene rings is 2. The number of aliphatic hydroxyl groups is 1. The second-order valence-electron chi connectivity index (χ2n) is 6.78. The Kier molecular flexibility index (Phi) is 5.71. The number of urea groups is 1. The van der Waals surface area contributed by atoms with Crippen molar-refractivity contribution in [3.8, 4) is 11.1 Å². The van der Waals surface area contributed by atoms with Crippen molar-refractivity contribution < 1.29 is 9.90 Å². The van der Waals surface area contributed by atoms with Gasteiger partial charge in [0.25, 0.3) is 0 Å². The first kappa shape index (κ1) is 17.5. The van der Waals surface area contributed by atoms with Gasteiger partial charge in [0, 0.05) is 25.6 Å². The number of nitrogens with zero attached hydrogens (tertiary/aromatic N) is 1. The predicted molar refractivity (Wildman–Crippen MR) is 100 cm³/mol. The molecule has 0 unspecified atom stereocenters. The van der Waals surface area contributed by atoms with Crippen LogP contribution in [0.1, 0.15) is 18.9 Å². The van der Waals surface area contributed by atoms with Crippen LogP contribution < -0.4 is 5.32 Å². The van der Waals surface area contributed by atoms with Crippen molar-refractivity contribution in [1.29, 1.82) is 0 Å². The molecule has 0 saturated carbocycles. The van der Waals surface area contributed by atoms with E-state index in [0.29, 0.717) is 13.1 Å². The summed E-state index contributed by atoms with van der Waals surface area (Å²) in [6.07, 6.45) is 1.35. The zero-order chi connectivity index (χ0) is 17.6. The highest BCUT2D eigenvalue weighted by Crippen LogP contribution is 2.20. The van der Waals surface area contributed by atoms with E-state index < -0.39 is 0 Å². The van der Waals surface area contributed by atoms with E-state index in [1.165, 1.54) is 16.7 Å². The quantitative estimate of drug-likeness (QED) is 0.879. The summed E-state index contributed by atoms with van der Waals surface area (Å²) in [4.78, 5) is 14.0. The highest BCUT2D eigenvalue weighted by atomic mass is 16.3. The summed E-state index contributed by atoms with van der Waals surface area (Å²) in [7, 11) is 0. The topological polar surface area (TPSA) is 52.6 Å². The molecule has 1 heterocycles. The third kappa shape index (κ3) is 4.60. The van der Waals surface area contributed by atoms with E-state index in [1.54, 1.807) is 11.8 Å². The first-order chi connectivity index (χ1) is 12.1. The summed E-state index contributed by atoms with van der Waals surface area (Å²) >= 11 is 0. The second kappa shape index (κ2) is 8.17. The average Bonchev–Trinajstić information content (AvgIpc) is 3.14. The number of rotatable bonds is 5. The summed E-state index contributed by atoms with van der Waals surface area (Å²) in [5.41, 5.74) is 3.63. The van der Waals surface area contributed by atoms with Crippen LogP contribution in [0.4, 0.5) is 4.79 Å². The molecule has 0 radical (unpaired) electrons. The SMILES string of the molecule is C[C@@H](O)[C@@H]1CCN(C(=O)NCCc2ccc(-c3ccccc3)cc2)C1. The average molecular weight is 338 g/mol. The van der Waals surface area contributed by atoms with E-state index in [4.69, 9.17) is 0 Å². The molecule has 25 heavy (non-hydrogen) atoms. The van der Waals surface area contributed by atoms with Gasteiger partial charge in [-0.05, 0) is 36.5 Å². The third-order valence-electron chi connectivity index (χ3n) is 4.95. The molecule has 3 rings (SSSR count). The number of hydrogen-bond acceptors (Lipinski definition) is 2. The Morgan fingerprint density at radius 3 is 2.48 bits per heavy atom. The molecular formula is C21H26N2O2. The van der Waals surface area contributed by atoms with Crippen LogP contribution in [0.15, 0.2) is 54.6 Å². The number of carbonyl (C=O) groups excluding carboxylic acids is 1. The Labute approximate surface area is 149 Å². The molecule has 0 aromatic heterocycles. The minimum absolute atomic E-state index is 0.0240. The predicted octanol–water partition coefficient (Wildman–Crippen LogP) is 3.31. The molecule has 2 atom stereocenters. The van der Waals surface area contributed by atoms with Gasteiger partial charge in [-0.1, -0.05) is 54.6 Å². The first-order valence-corrected chi connectivity index (χ1v) is 8.98. The van der Waals surface area contributed by atoms with Gasteiger partial charge in [-0.2, -0.15) is 0 Å². The lowest BCUT2D eigenvalue weighted by Crippen LogP contribution is -2.39. The van der Waals surface area contributed by atoms with Gasteiger partial charge in [0.15, 0.2) is 0 Å². The molecule has 4 nitrogen and oxygen atoms in total. The Hall–Kier alpha value is -2.33. The van der Waals surface area contributed by atoms with Gasteiger partial charge >= 0.3 is 6.03 Å². The fourth-order valence-electron chi connectivity index (χ4n) is 3.29. The van der Waals surface area contributed by atoms with E-state index >= 15 is 0 Å². The summed E-state index contributed by atoms with van der Waals surface area (Å²) < 4.78 is 0. The van der Waals surface area contributed by atoms with E-state index in [2.05, 4.69) is 41.7 Å². The Bertz CT molecular complexity index is 683. The molecule has 1 fully saturated rings. The van der Waals surface area contributed by atoms with Crippen molar-refractivity contribution in [2.45, 2.75) is 25.9 Å². The van der Waals surface area contributed by atoms with Crippen molar-refractivity contribution in [2.24, 2.45) is 5.92 Å². The van der Waals surface area contributed by atoms with Gasteiger partial charge in [0.1, 0.15) is 0 Å². The van der Waals surface area contributed by atoms with Gasteiger partial charge < -0.3 is 15.3 Å². The minimum Gasteiger partial charge on any atom is -0.393 e. The van der Waals surface area contributed by atoms with Crippen LogP contribution in [-0.4, -0.2) is 41.8 Å². The zero-order valence-corrected chi connectivity index (χ0v) is 14.7. The van der Waals surface area contributed by atoms with Crippen LogP contribution in [0.25, 0.3) is 11.1 Å². The van der Waals surface area contributed by atoms with Crippen molar-refractivity contribution >= 4 is 6.03 Å². The number of carbonyl (C=O) groups is 1. The van der Waals surface area contributed by atoms with Gasteiger partial charge in [0.2, 0.25) is 0 Å². The van der Waals surface area contributed by atoms with Gasteiger partial charge in [0.05, 0.1) is 6.10 Å². The molecule has 132 valence electrons. The molecule has 1 aliphatic heterocycles. The molecule has 0 spiro atoms. The van der Waals surface area contributed by atoms with E-state index in [0.717, 1.165) is 19.4 Å². The number of nitrogens with one attached hydrogen (secondary N) is 1. The molecule has 4 heteroatoms. The standard InChI is InChI=1S/C21H26N2O2/c1-16(24)20-12-14-23(15-20)21(25)22-13-11-17-7-9-19(10-8-17)18-5-3-2-4-6-18/h2-10,16,20,24H,11-15H2,1H3,(H,22,25)/t16-,20-/m1/s1. The Morgan fingerprint density at radius 2 is 1.84 bits per heavy atom. The molecule has 2 N–H and O–H groups in total. The molecule has 1 aliphatic rings. The maximum absolute atomic E-state index is 12.2. The fourth-order valence-corrected chi connectivity index (χ4v) is 3.29. The second-order valence-corrected chi connectivity index (χ2v) is 6.78. The molecule has 2 aromatic rings. The molecule has 2 aromatic carbocycles. The first-order valence-electron chi connectivity index (χ1n) is 8.98. The number of hydrogen-bond donors (Lipinski definition) is 2. The van der Waals surface area contributed by atoms with Crippen molar-refractivity contribution in [1.82, 2.24) is 10.2 Å². The lowest BCUT2D eigenvalue weighted by atomic mass is 10.0. The molecule has 0 bridgehead atoms. The van der Waals surface area contributed by atoms with E-state index in [1.807, 2.05) is 18.2 Å². The van der Waals surface area contributed by atoms with Crippen LogP contribution in [0.5, 0.6) is 0 Å². The van der Waals surface area contributed by atoms with Gasteiger partial charge in [-0.3, -0.25) is 0 Å². The van der Waals surface area contributed by atoms with Crippen LogP contribution in [-0.2, 0) is 6.42 Å². The smallest absolute Gasteiger partial charge is 0.317 e. The maximum Gasteiger partial charge on any atom is 0.317 e. The highest BCUT2D eigenvalue weighted by molar-refractivity contribution is 5.74. The van der Waals surface area contributed by atoms with Crippen LogP contribution in [0.2, 0.25) is 0 Å². The van der Waals surface area contributed by atoms with Crippen molar-refractivity contribution in [3.05, 3.63) is 60.2 Å². The molecular weight excluding hydrogens is 312 g/mol. The minimum atomic E-state index is -0.346. The summed E-state index contributed by atoms with van der Waals surface area (Å²) in [5.74, 6) is 0.205. The number of amides is 2. The van der Waals surface area contributed by atoms with Crippen molar-refractivity contribution in [3.63, 3.8) is 0 Å². The number of likely N-dealkylation sites (tertiary alicyclic amines) is 1. The lowest BCUT2D eigenvalue weighted by molar-refractivity contribution is 0.129. The van der Waals surface area contributed by atoms with Crippen molar-refractivity contribution in [2.75, 3.05) is 19.6 Å². The Balaban J connectivity index is 1.45. The monoisotopic (exact) mass is 338 g/mol. The van der Waals surface area contributed by atoms with Crippen LogP contribution in [0, 0.1) is 5.92 Å². The summed E-state index contributed by atoms with van der Waals surface area (Å²) in [6, 6.07) is 18.8. The normalized spacial score (nSPS) is 18.2. The summed E-state index contributed by atoms with van der Waals surface area (Å²) in [5, 5.41) is 12.6. The molecule has 2 amide bonds. The fraction of sp³-hybridized carbons (Fsp3) is 0.381. The molecule has 0 aliphatic carbocycles. The zero-order valence-electron chi connectivity index (χ0n) is 14.7. The van der Waals surface area contributed by atoms with Gasteiger partial charge in [-0.15, -0.1) is 0 Å². The highest BCUT2D eigenvalue weighted by Gasteiger charge is 2.28. The van der Waals surface area contributed by atoms with Crippen LogP contribution >= 0.6 is 0 Å². The molecule has 1 saturated heterocycles. The van der Waals surface area contributed by atoms with Crippen LogP contribution in [0.3, 0.4) is 0 Å².